The van der Waals surface area contributed by atoms with Crippen LogP contribution in [0, 0.1) is 61.2 Å². The van der Waals surface area contributed by atoms with Crippen molar-refractivity contribution in [2.24, 2.45) is 0 Å². The maximum atomic E-state index is 14.5. The van der Waals surface area contributed by atoms with Crippen molar-refractivity contribution in [1.29, 1.82) is 5.26 Å². The van der Waals surface area contributed by atoms with Crippen LogP contribution >= 0.6 is 11.3 Å². The standard InChI is InChI=1S/C14H14FN6S.Ac/c15-12-10(9-21-5-3-17-4-6-21)1-2-18-13(12)20-14-19-8-11(7-16)22-14;/h1-2,8H,3-6,9H2,(H,18,19,20);/q-1;. The second-order valence-electron chi connectivity index (χ2n) is 4.85. The number of aromatic nitrogens is 2. The molecule has 0 amide bonds. The summed E-state index contributed by atoms with van der Waals surface area (Å²) in [4.78, 5) is 10.7. The first kappa shape index (κ1) is 18.7. The molecule has 1 fully saturated rings. The number of piperazine rings is 1. The number of hydrogen-bond acceptors (Lipinski definition) is 6. The van der Waals surface area contributed by atoms with E-state index in [1.54, 1.807) is 12.3 Å². The fourth-order valence-electron chi connectivity index (χ4n) is 2.22. The zero-order valence-electron chi connectivity index (χ0n) is 12.4. The van der Waals surface area contributed by atoms with Crippen LogP contribution in [-0.4, -0.2) is 41.0 Å². The number of nitriles is 1. The van der Waals surface area contributed by atoms with E-state index in [0.717, 1.165) is 26.2 Å². The number of hydrogen-bond donors (Lipinski definition) is 1. The number of anilines is 2. The van der Waals surface area contributed by atoms with Crippen molar-refractivity contribution in [2.75, 3.05) is 31.5 Å². The number of halogens is 1. The van der Waals surface area contributed by atoms with Gasteiger partial charge >= 0.3 is 0 Å². The second kappa shape index (κ2) is 9.00. The molecule has 3 rings (SSSR count). The molecule has 23 heavy (non-hydrogen) atoms. The Morgan fingerprint density at radius 1 is 1.39 bits per heavy atom. The van der Waals surface area contributed by atoms with E-state index in [1.165, 1.54) is 17.5 Å². The number of rotatable bonds is 4. The molecule has 117 valence electrons. The Morgan fingerprint density at radius 3 is 2.87 bits per heavy atom. The van der Waals surface area contributed by atoms with Crippen LogP contribution in [0.2, 0.25) is 0 Å². The number of pyridine rings is 1. The fourth-order valence-corrected chi connectivity index (χ4v) is 2.84. The molecular formula is C14H14AcFN6S-. The zero-order chi connectivity index (χ0) is 15.4. The molecule has 0 unspecified atom stereocenters. The van der Waals surface area contributed by atoms with Gasteiger partial charge in [0.2, 0.25) is 0 Å². The SMILES string of the molecule is N#Cc1cnc(Nc2nccc(CN3CC[N-]CC3)c2F)s1.[Ac]. The third-order valence-corrected chi connectivity index (χ3v) is 4.17. The number of nitrogens with one attached hydrogen (secondary N) is 1. The fraction of sp³-hybridized carbons (Fsp3) is 0.357. The summed E-state index contributed by atoms with van der Waals surface area (Å²) in [6.07, 6.45) is 3.03. The van der Waals surface area contributed by atoms with E-state index >= 15 is 0 Å². The summed E-state index contributed by atoms with van der Waals surface area (Å²) in [7, 11) is 0. The van der Waals surface area contributed by atoms with E-state index in [2.05, 4.69) is 25.5 Å². The zero-order valence-corrected chi connectivity index (χ0v) is 17.9. The molecule has 9 heteroatoms. The van der Waals surface area contributed by atoms with Crippen LogP contribution in [0.3, 0.4) is 0 Å². The quantitative estimate of drug-likeness (QED) is 0.641. The first-order valence-corrected chi connectivity index (χ1v) is 7.70. The molecule has 1 aliphatic heterocycles. The molecule has 1 radical (unpaired) electrons. The largest absolute Gasteiger partial charge is 0.660 e. The van der Waals surface area contributed by atoms with Gasteiger partial charge in [-0.15, -0.1) is 13.1 Å². The first-order chi connectivity index (χ1) is 10.8. The third-order valence-electron chi connectivity index (χ3n) is 3.35. The van der Waals surface area contributed by atoms with E-state index in [-0.39, 0.29) is 55.7 Å². The molecule has 0 aliphatic carbocycles. The molecule has 1 aliphatic rings. The average molecular weight is 544 g/mol. The van der Waals surface area contributed by atoms with Crippen molar-refractivity contribution in [2.45, 2.75) is 6.54 Å². The van der Waals surface area contributed by atoms with Gasteiger partial charge in [0.25, 0.3) is 0 Å². The second-order valence-corrected chi connectivity index (χ2v) is 5.88. The molecule has 1 saturated heterocycles. The summed E-state index contributed by atoms with van der Waals surface area (Å²) < 4.78 is 14.5. The van der Waals surface area contributed by atoms with Gasteiger partial charge in [0.15, 0.2) is 16.8 Å². The molecule has 2 aromatic heterocycles. The van der Waals surface area contributed by atoms with Gasteiger partial charge in [-0.1, -0.05) is 11.3 Å². The van der Waals surface area contributed by atoms with Crippen LogP contribution in [0.4, 0.5) is 15.3 Å². The first-order valence-electron chi connectivity index (χ1n) is 6.88. The van der Waals surface area contributed by atoms with Crippen molar-refractivity contribution in [3.05, 3.63) is 40.0 Å². The van der Waals surface area contributed by atoms with Crippen molar-refractivity contribution in [3.8, 4) is 6.07 Å². The van der Waals surface area contributed by atoms with Crippen LogP contribution in [0.25, 0.3) is 5.32 Å². The van der Waals surface area contributed by atoms with Crippen LogP contribution in [0.1, 0.15) is 10.4 Å². The van der Waals surface area contributed by atoms with Crippen molar-refractivity contribution >= 4 is 22.3 Å². The van der Waals surface area contributed by atoms with Crippen LogP contribution < -0.4 is 5.32 Å². The molecule has 0 atom stereocenters. The van der Waals surface area contributed by atoms with Gasteiger partial charge in [0.05, 0.1) is 6.20 Å². The van der Waals surface area contributed by atoms with E-state index in [4.69, 9.17) is 5.26 Å². The summed E-state index contributed by atoms with van der Waals surface area (Å²) in [6, 6.07) is 3.69. The van der Waals surface area contributed by atoms with Gasteiger partial charge in [0, 0.05) is 62.4 Å². The van der Waals surface area contributed by atoms with Gasteiger partial charge in [-0.3, -0.25) is 0 Å². The average Bonchev–Trinajstić information content (AvgIpc) is 3.00. The van der Waals surface area contributed by atoms with Crippen molar-refractivity contribution in [3.63, 3.8) is 0 Å². The van der Waals surface area contributed by atoms with E-state index in [1.807, 2.05) is 6.07 Å². The molecule has 3 heterocycles. The molecule has 0 bridgehead atoms. The third kappa shape index (κ3) is 4.92. The van der Waals surface area contributed by atoms with Crippen LogP contribution in [0.5, 0.6) is 0 Å². The maximum Gasteiger partial charge on any atom is 0.189 e. The smallest absolute Gasteiger partial charge is 0.189 e. The Bertz CT molecular complexity index is 695. The van der Waals surface area contributed by atoms with E-state index in [9.17, 15) is 4.39 Å². The number of thiazole rings is 1. The molecule has 6 nitrogen and oxygen atoms in total. The maximum absolute atomic E-state index is 14.5. The molecule has 0 spiro atoms. The van der Waals surface area contributed by atoms with Gasteiger partial charge < -0.3 is 15.5 Å². The van der Waals surface area contributed by atoms with Gasteiger partial charge in [-0.25, -0.2) is 14.4 Å². The minimum atomic E-state index is -0.376. The van der Waals surface area contributed by atoms with Crippen molar-refractivity contribution in [1.82, 2.24) is 14.9 Å². The summed E-state index contributed by atoms with van der Waals surface area (Å²) in [6.45, 7) is 3.84. The van der Waals surface area contributed by atoms with Gasteiger partial charge in [-0.05, 0) is 19.2 Å². The summed E-state index contributed by atoms with van der Waals surface area (Å²) >= 11 is 1.17. The Kier molecular flexibility index (Phi) is 7.32. The number of nitrogens with zero attached hydrogens (tertiary/aromatic N) is 5. The monoisotopic (exact) mass is 544 g/mol. The normalized spacial score (nSPS) is 14.8. The molecule has 2 aromatic rings. The van der Waals surface area contributed by atoms with Gasteiger partial charge in [-0.2, -0.15) is 5.26 Å². The summed E-state index contributed by atoms with van der Waals surface area (Å²) in [5.41, 5.74) is 0.594. The predicted molar refractivity (Wildman–Crippen MR) is 82.7 cm³/mol. The van der Waals surface area contributed by atoms with Crippen molar-refractivity contribution < 1.29 is 48.5 Å². The Labute approximate surface area is 173 Å². The molecular weight excluding hydrogens is 530 g/mol. The van der Waals surface area contributed by atoms with Crippen LogP contribution in [-0.2, 0) is 6.54 Å². The summed E-state index contributed by atoms with van der Waals surface area (Å²) in [5.74, 6) is -0.239. The Hall–Kier alpha value is -0.638. The molecule has 1 N–H and O–H groups in total. The molecule has 0 saturated carbocycles. The molecule has 0 aromatic carbocycles. The topological polar surface area (TPSA) is 78.9 Å². The van der Waals surface area contributed by atoms with E-state index < -0.39 is 0 Å². The minimum Gasteiger partial charge on any atom is -0.660 e. The predicted octanol–water partition coefficient (Wildman–Crippen LogP) is 2.48. The van der Waals surface area contributed by atoms with Crippen LogP contribution in [0.15, 0.2) is 18.5 Å². The Balaban J connectivity index is 0.00000192. The van der Waals surface area contributed by atoms with Gasteiger partial charge in [0.1, 0.15) is 10.9 Å². The minimum absolute atomic E-state index is 0. The van der Waals surface area contributed by atoms with E-state index in [0.29, 0.717) is 22.1 Å². The Morgan fingerprint density at radius 2 is 2.17 bits per heavy atom. The summed E-state index contributed by atoms with van der Waals surface area (Å²) in [5, 5.41) is 16.4.